The predicted molar refractivity (Wildman–Crippen MR) is 339 cm³/mol. The Balaban J connectivity index is 0.864. The molecule has 0 heterocycles. The van der Waals surface area contributed by atoms with Crippen LogP contribution in [0.4, 0.5) is 28.4 Å². The lowest BCUT2D eigenvalue weighted by atomic mass is 9.79. The molecule has 14 rings (SSSR count). The number of hydrogen-bond acceptors (Lipinski definition) is 2. The van der Waals surface area contributed by atoms with E-state index in [4.69, 9.17) is 0 Å². The summed E-state index contributed by atoms with van der Waals surface area (Å²) in [4.78, 5) is 4.79. The average molecular weight is 1010 g/mol. The van der Waals surface area contributed by atoms with Gasteiger partial charge in [-0.2, -0.15) is 0 Å². The van der Waals surface area contributed by atoms with E-state index in [2.05, 4.69) is 306 Å². The lowest BCUT2D eigenvalue weighted by molar-refractivity contribution is 0.660. The van der Waals surface area contributed by atoms with Gasteiger partial charge in [-0.25, -0.2) is 0 Å². The molecule has 12 aromatic rings. The molecule has 2 aliphatic carbocycles. The minimum atomic E-state index is -0.278. The number of hydrogen-bond donors (Lipinski definition) is 0. The van der Waals surface area contributed by atoms with Gasteiger partial charge < -0.3 is 9.80 Å². The van der Waals surface area contributed by atoms with Crippen LogP contribution in [-0.4, -0.2) is 0 Å². The number of anilines is 5. The fourth-order valence-corrected chi connectivity index (χ4v) is 13.5. The fourth-order valence-electron chi connectivity index (χ4n) is 13.5. The minimum Gasteiger partial charge on any atom is -0.310 e. The molecule has 0 radical (unpaired) electrons. The van der Waals surface area contributed by atoms with Crippen LogP contribution in [0.1, 0.15) is 56.9 Å². The third-order valence-corrected chi connectivity index (χ3v) is 17.3. The summed E-state index contributed by atoms with van der Waals surface area (Å²) in [5, 5.41) is 9.87. The van der Waals surface area contributed by atoms with E-state index >= 15 is 0 Å². The fraction of sp³-hybridized carbons (Fsp3) is 0.0909. The first-order chi connectivity index (χ1) is 38.6. The van der Waals surface area contributed by atoms with E-state index in [9.17, 15) is 0 Å². The average Bonchev–Trinajstić information content (AvgIpc) is 3.90. The Labute approximate surface area is 464 Å². The molecule has 0 saturated heterocycles. The predicted octanol–water partition coefficient (Wildman–Crippen LogP) is 21.5. The number of allylic oxidation sites excluding steroid dienone is 4. The van der Waals surface area contributed by atoms with Gasteiger partial charge in [-0.15, -0.1) is 0 Å². The van der Waals surface area contributed by atoms with Gasteiger partial charge >= 0.3 is 0 Å². The Bertz CT molecular complexity index is 4460. The second kappa shape index (κ2) is 18.6. The zero-order valence-electron chi connectivity index (χ0n) is 45.4. The number of rotatable bonds is 10. The van der Waals surface area contributed by atoms with Crippen LogP contribution >= 0.6 is 0 Å². The van der Waals surface area contributed by atoms with E-state index in [-0.39, 0.29) is 10.8 Å². The molecule has 0 saturated carbocycles. The zero-order valence-corrected chi connectivity index (χ0v) is 45.4. The van der Waals surface area contributed by atoms with Crippen LogP contribution in [0, 0.1) is 0 Å². The Hall–Kier alpha value is -9.50. The second-order valence-corrected chi connectivity index (χ2v) is 22.4. The summed E-state index contributed by atoms with van der Waals surface area (Å²) in [5.74, 6) is 0. The number of nitrogens with zero attached hydrogens (tertiary/aromatic N) is 2. The van der Waals surface area contributed by atoms with Crippen LogP contribution in [-0.2, 0) is 10.8 Å². The molecule has 0 spiro atoms. The van der Waals surface area contributed by atoms with E-state index in [1.165, 1.54) is 116 Å². The van der Waals surface area contributed by atoms with Crippen LogP contribution in [0.2, 0.25) is 0 Å². The normalized spacial score (nSPS) is 13.9. The quantitative estimate of drug-likeness (QED) is 0.0995. The van der Waals surface area contributed by atoms with Crippen molar-refractivity contribution in [3.63, 3.8) is 0 Å². The van der Waals surface area contributed by atoms with Gasteiger partial charge in [-0.05, 0) is 179 Å². The highest BCUT2D eigenvalue weighted by Crippen LogP contribution is 2.55. The molecular weight excluding hydrogens is 953 g/mol. The highest BCUT2D eigenvalue weighted by Gasteiger charge is 2.39. The highest BCUT2D eigenvalue weighted by molar-refractivity contribution is 6.21. The SMILES string of the molecule is C=C/C(=C\C=C/C)N(c1ccc2c(c1)C(C)(C)c1cc(-c3c4ccccc4c(-c4ccc5c(c4)C(C)(C)c4cc(N(c6ccccc6)c6cccc7ccccc67)ccc4-5)c4ccccc34)ccc1-2)c1cccc2ccccc12. The molecule has 79 heavy (non-hydrogen) atoms. The summed E-state index contributed by atoms with van der Waals surface area (Å²) in [6.45, 7) is 16.0. The smallest absolute Gasteiger partial charge is 0.0540 e. The molecule has 2 aliphatic rings. The number of fused-ring (bicyclic) bond motifs is 10. The van der Waals surface area contributed by atoms with E-state index in [1.54, 1.807) is 0 Å². The van der Waals surface area contributed by atoms with Crippen molar-refractivity contribution in [3.05, 3.63) is 295 Å². The van der Waals surface area contributed by atoms with E-state index in [0.29, 0.717) is 0 Å². The maximum absolute atomic E-state index is 4.32. The molecule has 378 valence electrons. The van der Waals surface area contributed by atoms with Crippen LogP contribution in [0.5, 0.6) is 0 Å². The van der Waals surface area contributed by atoms with Gasteiger partial charge in [-0.3, -0.25) is 0 Å². The molecule has 0 bridgehead atoms. The van der Waals surface area contributed by atoms with E-state index in [0.717, 1.165) is 28.4 Å². The Morgan fingerprint density at radius 1 is 0.380 bits per heavy atom. The molecule has 0 N–H and O–H groups in total. The van der Waals surface area contributed by atoms with Crippen LogP contribution in [0.25, 0.3) is 87.6 Å². The first kappa shape index (κ1) is 47.9. The third kappa shape index (κ3) is 7.54. The lowest BCUT2D eigenvalue weighted by Gasteiger charge is -2.29. The Morgan fingerprint density at radius 3 is 1.29 bits per heavy atom. The van der Waals surface area contributed by atoms with Gasteiger partial charge in [0.25, 0.3) is 0 Å². The summed E-state index contributed by atoms with van der Waals surface area (Å²) in [6, 6.07) is 88.2. The van der Waals surface area contributed by atoms with Crippen LogP contribution < -0.4 is 9.80 Å². The van der Waals surface area contributed by atoms with Gasteiger partial charge in [0.1, 0.15) is 0 Å². The van der Waals surface area contributed by atoms with E-state index in [1.807, 2.05) is 6.08 Å². The van der Waals surface area contributed by atoms with Gasteiger partial charge in [-0.1, -0.05) is 222 Å². The standard InChI is InChI=1S/C77H60N2/c1-7-9-27-54(8-2)78(72-36-21-25-50-23-13-15-30-58(50)72)56-40-44-62-60-42-38-52(46-68(60)76(3,4)70(62)48-56)74-64-32-17-19-34-66(64)75(67-35-20-18-33-65(67)74)53-39-43-61-63-45-41-57(49-71(63)77(5,6)69(61)47-53)79(55-28-11-10-12-29-55)73-37-22-26-51-24-14-16-31-59(51)73/h7-49H,2H2,1,3-6H3/b9-7-,54-27+. The van der Waals surface area contributed by atoms with Crippen molar-refractivity contribution in [2.45, 2.75) is 45.4 Å². The first-order valence-corrected chi connectivity index (χ1v) is 27.7. The zero-order chi connectivity index (χ0) is 53.6. The topological polar surface area (TPSA) is 6.48 Å². The monoisotopic (exact) mass is 1010 g/mol. The van der Waals surface area contributed by atoms with Gasteiger partial charge in [0.05, 0.1) is 11.4 Å². The van der Waals surface area contributed by atoms with Crippen molar-refractivity contribution in [2.24, 2.45) is 0 Å². The summed E-state index contributed by atoms with van der Waals surface area (Å²) >= 11 is 0. The van der Waals surface area contributed by atoms with Crippen molar-refractivity contribution in [1.82, 2.24) is 0 Å². The van der Waals surface area contributed by atoms with Crippen LogP contribution in [0.15, 0.2) is 273 Å². The summed E-state index contributed by atoms with van der Waals surface area (Å²) in [6.07, 6.45) is 8.29. The van der Waals surface area contributed by atoms with Crippen molar-refractivity contribution < 1.29 is 0 Å². The molecule has 0 atom stereocenters. The van der Waals surface area contributed by atoms with Crippen LogP contribution in [0.3, 0.4) is 0 Å². The molecule has 0 amide bonds. The number of benzene rings is 12. The molecule has 0 fully saturated rings. The molecule has 12 aromatic carbocycles. The third-order valence-electron chi connectivity index (χ3n) is 17.3. The Morgan fingerprint density at radius 2 is 0.785 bits per heavy atom. The van der Waals surface area contributed by atoms with Crippen molar-refractivity contribution >= 4 is 71.5 Å². The maximum Gasteiger partial charge on any atom is 0.0540 e. The van der Waals surface area contributed by atoms with E-state index < -0.39 is 0 Å². The molecule has 0 unspecified atom stereocenters. The summed E-state index contributed by atoms with van der Waals surface area (Å²) < 4.78 is 0. The number of para-hydroxylation sites is 1. The van der Waals surface area contributed by atoms with Crippen molar-refractivity contribution in [1.29, 1.82) is 0 Å². The molecule has 0 aliphatic heterocycles. The Kier molecular flexibility index (Phi) is 11.3. The van der Waals surface area contributed by atoms with Gasteiger partial charge in [0.2, 0.25) is 0 Å². The lowest BCUT2D eigenvalue weighted by Crippen LogP contribution is -2.18. The second-order valence-electron chi connectivity index (χ2n) is 22.4. The summed E-state index contributed by atoms with van der Waals surface area (Å²) in [7, 11) is 0. The van der Waals surface area contributed by atoms with Gasteiger partial charge in [0, 0.05) is 44.4 Å². The van der Waals surface area contributed by atoms with Crippen molar-refractivity contribution in [3.8, 4) is 44.5 Å². The van der Waals surface area contributed by atoms with Gasteiger partial charge in [0.15, 0.2) is 0 Å². The first-order valence-electron chi connectivity index (χ1n) is 27.7. The highest BCUT2D eigenvalue weighted by atomic mass is 15.2. The molecule has 0 aromatic heterocycles. The minimum absolute atomic E-state index is 0.260. The van der Waals surface area contributed by atoms with Crippen molar-refractivity contribution in [2.75, 3.05) is 9.80 Å². The molecular formula is C77H60N2. The summed E-state index contributed by atoms with van der Waals surface area (Å²) in [5.41, 5.74) is 21.7. The molecule has 2 heteroatoms. The largest absolute Gasteiger partial charge is 0.310 e. The maximum atomic E-state index is 4.32. The molecule has 2 nitrogen and oxygen atoms in total.